The average Bonchev–Trinajstić information content (AvgIpc) is 2.37. The van der Waals surface area contributed by atoms with Crippen LogP contribution in [0.2, 0.25) is 0 Å². The summed E-state index contributed by atoms with van der Waals surface area (Å²) >= 11 is 0. The molecule has 1 aliphatic heterocycles. The Balaban J connectivity index is 1.83. The topological polar surface area (TPSA) is 35.8 Å². The van der Waals surface area contributed by atoms with Crippen LogP contribution in [0.4, 0.5) is 0 Å². The number of nitrogens with zero attached hydrogens (tertiary/aromatic N) is 1. The fourth-order valence-electron chi connectivity index (χ4n) is 2.55. The molecule has 2 unspecified atom stereocenters. The van der Waals surface area contributed by atoms with Crippen molar-refractivity contribution < 1.29 is 0 Å². The molecule has 2 rings (SSSR count). The van der Waals surface area contributed by atoms with E-state index in [0.717, 1.165) is 12.0 Å². The van der Waals surface area contributed by atoms with Crippen LogP contribution >= 0.6 is 0 Å². The third-order valence-electron chi connectivity index (χ3n) is 3.57. The molecule has 1 aliphatic rings. The van der Waals surface area contributed by atoms with Gasteiger partial charge in [0.25, 0.3) is 0 Å². The van der Waals surface area contributed by atoms with Gasteiger partial charge < -0.3 is 5.32 Å². The maximum Gasteiger partial charge on any atom is 0.0991 e. The molecular weight excluding hydrogens is 208 g/mol. The second-order valence-electron chi connectivity index (χ2n) is 5.04. The van der Waals surface area contributed by atoms with Crippen molar-refractivity contribution >= 4 is 0 Å². The van der Waals surface area contributed by atoms with E-state index in [4.69, 9.17) is 5.26 Å². The summed E-state index contributed by atoms with van der Waals surface area (Å²) in [4.78, 5) is 0. The third kappa shape index (κ3) is 3.57. The van der Waals surface area contributed by atoms with Crippen molar-refractivity contribution in [1.82, 2.24) is 5.32 Å². The van der Waals surface area contributed by atoms with Crippen LogP contribution in [0.1, 0.15) is 43.7 Å². The molecule has 0 aliphatic carbocycles. The van der Waals surface area contributed by atoms with E-state index in [-0.39, 0.29) is 0 Å². The molecule has 1 heterocycles. The van der Waals surface area contributed by atoms with E-state index in [1.807, 2.05) is 12.1 Å². The molecule has 1 aromatic carbocycles. The van der Waals surface area contributed by atoms with Gasteiger partial charge in [-0.2, -0.15) is 5.26 Å². The monoisotopic (exact) mass is 228 g/mol. The van der Waals surface area contributed by atoms with E-state index in [2.05, 4.69) is 30.4 Å². The van der Waals surface area contributed by atoms with Gasteiger partial charge in [-0.15, -0.1) is 0 Å². The van der Waals surface area contributed by atoms with Gasteiger partial charge in [0, 0.05) is 12.1 Å². The minimum atomic E-state index is 0.675. The second-order valence-corrected chi connectivity index (χ2v) is 5.04. The maximum atomic E-state index is 8.73. The summed E-state index contributed by atoms with van der Waals surface area (Å²) in [5.74, 6) is 0. The summed E-state index contributed by atoms with van der Waals surface area (Å²) in [7, 11) is 0. The number of piperidine rings is 1. The Morgan fingerprint density at radius 1 is 1.29 bits per heavy atom. The lowest BCUT2D eigenvalue weighted by molar-refractivity contribution is 0.322. The lowest BCUT2D eigenvalue weighted by atomic mass is 9.94. The molecule has 0 amide bonds. The van der Waals surface area contributed by atoms with Crippen molar-refractivity contribution in [3.05, 3.63) is 35.4 Å². The van der Waals surface area contributed by atoms with E-state index in [0.29, 0.717) is 12.1 Å². The number of benzene rings is 1. The van der Waals surface area contributed by atoms with Gasteiger partial charge in [-0.05, 0) is 50.3 Å². The van der Waals surface area contributed by atoms with Gasteiger partial charge in [-0.3, -0.25) is 0 Å². The summed E-state index contributed by atoms with van der Waals surface area (Å²) in [6.45, 7) is 2.27. The third-order valence-corrected chi connectivity index (χ3v) is 3.57. The van der Waals surface area contributed by atoms with E-state index < -0.39 is 0 Å². The first-order valence-corrected chi connectivity index (χ1v) is 6.53. The van der Waals surface area contributed by atoms with Crippen LogP contribution in [0.3, 0.4) is 0 Å². The second kappa shape index (κ2) is 5.84. The van der Waals surface area contributed by atoms with E-state index >= 15 is 0 Å². The minimum absolute atomic E-state index is 0.675. The largest absolute Gasteiger partial charge is 0.311 e. The molecule has 1 aromatic rings. The number of aryl methyl sites for hydroxylation is 1. The van der Waals surface area contributed by atoms with Crippen LogP contribution in [0.25, 0.3) is 0 Å². The van der Waals surface area contributed by atoms with Crippen molar-refractivity contribution in [2.24, 2.45) is 0 Å². The summed E-state index contributed by atoms with van der Waals surface area (Å²) in [6.07, 6.45) is 6.28. The van der Waals surface area contributed by atoms with Crippen LogP contribution in [-0.2, 0) is 6.42 Å². The summed E-state index contributed by atoms with van der Waals surface area (Å²) in [6, 6.07) is 11.5. The van der Waals surface area contributed by atoms with Crippen LogP contribution < -0.4 is 5.32 Å². The van der Waals surface area contributed by atoms with Crippen LogP contribution in [-0.4, -0.2) is 12.1 Å². The van der Waals surface area contributed by atoms with Crippen LogP contribution in [0, 0.1) is 11.3 Å². The molecule has 1 N–H and O–H groups in total. The number of rotatable bonds is 3. The first-order chi connectivity index (χ1) is 8.28. The molecule has 0 spiro atoms. The molecule has 1 saturated heterocycles. The van der Waals surface area contributed by atoms with E-state index in [1.165, 1.54) is 31.2 Å². The molecule has 90 valence electrons. The highest BCUT2D eigenvalue weighted by Crippen LogP contribution is 2.17. The smallest absolute Gasteiger partial charge is 0.0991 e. The molecule has 2 heteroatoms. The number of hydrogen-bond donors (Lipinski definition) is 1. The van der Waals surface area contributed by atoms with Crippen molar-refractivity contribution in [2.75, 3.05) is 0 Å². The fourth-order valence-corrected chi connectivity index (χ4v) is 2.55. The van der Waals surface area contributed by atoms with Crippen LogP contribution in [0.5, 0.6) is 0 Å². The van der Waals surface area contributed by atoms with Crippen LogP contribution in [0.15, 0.2) is 24.3 Å². The molecule has 1 fully saturated rings. The van der Waals surface area contributed by atoms with Gasteiger partial charge in [0.15, 0.2) is 0 Å². The number of hydrogen-bond acceptors (Lipinski definition) is 2. The molecule has 0 radical (unpaired) electrons. The quantitative estimate of drug-likeness (QED) is 0.863. The maximum absolute atomic E-state index is 8.73. The van der Waals surface area contributed by atoms with Crippen molar-refractivity contribution in [2.45, 2.75) is 51.1 Å². The van der Waals surface area contributed by atoms with Gasteiger partial charge in [0.2, 0.25) is 0 Å². The minimum Gasteiger partial charge on any atom is -0.311 e. The molecule has 2 nitrogen and oxygen atoms in total. The molecule has 0 aromatic heterocycles. The molecule has 0 saturated carbocycles. The molecule has 17 heavy (non-hydrogen) atoms. The highest BCUT2D eigenvalue weighted by molar-refractivity contribution is 5.31. The summed E-state index contributed by atoms with van der Waals surface area (Å²) in [5, 5.41) is 12.4. The molecular formula is C15H20N2. The Hall–Kier alpha value is -1.33. The Morgan fingerprint density at radius 2 is 2.06 bits per heavy atom. The van der Waals surface area contributed by atoms with Gasteiger partial charge in [0.05, 0.1) is 11.6 Å². The van der Waals surface area contributed by atoms with E-state index in [1.54, 1.807) is 0 Å². The lowest BCUT2D eigenvalue weighted by Crippen LogP contribution is -2.40. The first-order valence-electron chi connectivity index (χ1n) is 6.53. The highest BCUT2D eigenvalue weighted by atomic mass is 15.0. The lowest BCUT2D eigenvalue weighted by Gasteiger charge is -2.28. The first kappa shape index (κ1) is 12.1. The number of nitriles is 1. The highest BCUT2D eigenvalue weighted by Gasteiger charge is 2.16. The van der Waals surface area contributed by atoms with Gasteiger partial charge >= 0.3 is 0 Å². The zero-order chi connectivity index (χ0) is 12.1. The van der Waals surface area contributed by atoms with Gasteiger partial charge in [0.1, 0.15) is 0 Å². The Kier molecular flexibility index (Phi) is 4.17. The van der Waals surface area contributed by atoms with E-state index in [9.17, 15) is 0 Å². The van der Waals surface area contributed by atoms with Crippen molar-refractivity contribution in [3.63, 3.8) is 0 Å². The zero-order valence-corrected chi connectivity index (χ0v) is 10.4. The number of nitrogens with one attached hydrogen (secondary N) is 1. The predicted octanol–water partition coefficient (Wildman–Crippen LogP) is 3.02. The summed E-state index contributed by atoms with van der Waals surface area (Å²) in [5.41, 5.74) is 2.09. The van der Waals surface area contributed by atoms with Crippen molar-refractivity contribution in [3.8, 4) is 6.07 Å². The Morgan fingerprint density at radius 3 is 2.71 bits per heavy atom. The van der Waals surface area contributed by atoms with Gasteiger partial charge in [-0.25, -0.2) is 0 Å². The standard InChI is InChI=1S/C15H20N2/c1-12-3-2-4-15(17-12)10-9-13-5-7-14(11-16)8-6-13/h5-8,12,15,17H,2-4,9-10H2,1H3. The summed E-state index contributed by atoms with van der Waals surface area (Å²) < 4.78 is 0. The molecule has 2 atom stereocenters. The van der Waals surface area contributed by atoms with Crippen molar-refractivity contribution in [1.29, 1.82) is 5.26 Å². The Bertz CT molecular complexity index is 388. The Labute approximate surface area is 104 Å². The fraction of sp³-hybridized carbons (Fsp3) is 0.533. The zero-order valence-electron chi connectivity index (χ0n) is 10.4. The SMILES string of the molecule is CC1CCCC(CCc2ccc(C#N)cc2)N1. The normalized spacial score (nSPS) is 24.2. The average molecular weight is 228 g/mol. The van der Waals surface area contributed by atoms with Gasteiger partial charge in [-0.1, -0.05) is 18.6 Å². The predicted molar refractivity (Wildman–Crippen MR) is 69.7 cm³/mol. The molecule has 0 bridgehead atoms.